The topological polar surface area (TPSA) is 70.7 Å². The van der Waals surface area contributed by atoms with E-state index in [1.54, 1.807) is 0 Å². The van der Waals surface area contributed by atoms with Crippen LogP contribution in [0.25, 0.3) is 11.1 Å². The van der Waals surface area contributed by atoms with Gasteiger partial charge in [0.1, 0.15) is 0 Å². The van der Waals surface area contributed by atoms with Crippen molar-refractivity contribution in [3.8, 4) is 17.2 Å². The van der Waals surface area contributed by atoms with Crippen LogP contribution in [-0.2, 0) is 13.0 Å². The molecule has 5 heteroatoms. The number of anilines is 1. The van der Waals surface area contributed by atoms with Gasteiger partial charge in [0, 0.05) is 11.4 Å². The number of amides is 1. The molecular weight excluding hydrogens is 408 g/mol. The number of nitrogens with one attached hydrogen (secondary N) is 1. The highest BCUT2D eigenvalue weighted by Crippen LogP contribution is 2.24. The summed E-state index contributed by atoms with van der Waals surface area (Å²) in [5, 5.41) is 16.9. The molecule has 4 aromatic rings. The molecule has 0 fully saturated rings. The van der Waals surface area contributed by atoms with Gasteiger partial charge in [-0.25, -0.2) is 0 Å². The Balaban J connectivity index is 1.55. The summed E-state index contributed by atoms with van der Waals surface area (Å²) in [4.78, 5) is 12.8. The largest absolute Gasteiger partial charge is 0.321 e. The quantitative estimate of drug-likeness (QED) is 0.366. The molecule has 0 radical (unpaired) electrons. The van der Waals surface area contributed by atoms with Gasteiger partial charge in [0.15, 0.2) is 5.69 Å². The number of nitrogens with zero attached hydrogens (tertiary/aromatic N) is 3. The van der Waals surface area contributed by atoms with Crippen LogP contribution in [0.15, 0.2) is 84.9 Å². The first kappa shape index (κ1) is 22.0. The van der Waals surface area contributed by atoms with E-state index in [-0.39, 0.29) is 5.91 Å². The summed E-state index contributed by atoms with van der Waals surface area (Å²) in [6.07, 6.45) is 2.98. The minimum atomic E-state index is -0.207. The van der Waals surface area contributed by atoms with Crippen LogP contribution in [0.5, 0.6) is 0 Å². The maximum Gasteiger partial charge on any atom is 0.276 e. The second-order valence-corrected chi connectivity index (χ2v) is 7.96. The second-order valence-electron chi connectivity index (χ2n) is 7.96. The number of para-hydroxylation sites is 1. The van der Waals surface area contributed by atoms with Crippen molar-refractivity contribution in [3.05, 3.63) is 107 Å². The smallest absolute Gasteiger partial charge is 0.276 e. The third-order valence-corrected chi connectivity index (χ3v) is 5.56. The first-order valence-corrected chi connectivity index (χ1v) is 11.2. The fraction of sp³-hybridized carbons (Fsp3) is 0.179. The van der Waals surface area contributed by atoms with Crippen LogP contribution in [-0.4, -0.2) is 15.7 Å². The van der Waals surface area contributed by atoms with Gasteiger partial charge in [0.2, 0.25) is 0 Å². The van der Waals surface area contributed by atoms with Crippen molar-refractivity contribution in [1.29, 1.82) is 5.26 Å². The monoisotopic (exact) mass is 434 g/mol. The van der Waals surface area contributed by atoms with Gasteiger partial charge in [0.05, 0.1) is 18.2 Å². The molecule has 33 heavy (non-hydrogen) atoms. The summed E-state index contributed by atoms with van der Waals surface area (Å²) in [6, 6.07) is 29.3. The van der Waals surface area contributed by atoms with Gasteiger partial charge in [-0.05, 0) is 53.8 Å². The normalized spacial score (nSPS) is 10.5. The molecule has 1 amide bonds. The van der Waals surface area contributed by atoms with E-state index in [0.717, 1.165) is 47.3 Å². The number of unbranched alkanes of at least 4 members (excludes halogenated alkanes) is 1. The van der Waals surface area contributed by atoms with E-state index in [0.29, 0.717) is 17.8 Å². The number of hydrogen-bond donors (Lipinski definition) is 1. The van der Waals surface area contributed by atoms with Crippen LogP contribution < -0.4 is 5.32 Å². The maximum atomic E-state index is 12.8. The van der Waals surface area contributed by atoms with E-state index < -0.39 is 0 Å². The fourth-order valence-electron chi connectivity index (χ4n) is 3.77. The molecule has 0 aliphatic heterocycles. The molecule has 3 aromatic carbocycles. The van der Waals surface area contributed by atoms with Gasteiger partial charge < -0.3 is 5.32 Å². The Kier molecular flexibility index (Phi) is 6.96. The molecule has 0 saturated carbocycles. The summed E-state index contributed by atoms with van der Waals surface area (Å²) in [7, 11) is 0. The summed E-state index contributed by atoms with van der Waals surface area (Å²) in [6.45, 7) is 2.74. The fourth-order valence-corrected chi connectivity index (χ4v) is 3.77. The maximum absolute atomic E-state index is 12.8. The average molecular weight is 435 g/mol. The third-order valence-electron chi connectivity index (χ3n) is 5.56. The van der Waals surface area contributed by atoms with Crippen molar-refractivity contribution < 1.29 is 4.79 Å². The van der Waals surface area contributed by atoms with Crippen molar-refractivity contribution in [1.82, 2.24) is 9.78 Å². The molecule has 0 aliphatic carbocycles. The number of rotatable bonds is 8. The second kappa shape index (κ2) is 10.4. The predicted molar refractivity (Wildman–Crippen MR) is 131 cm³/mol. The predicted octanol–water partition coefficient (Wildman–Crippen LogP) is 6.06. The summed E-state index contributed by atoms with van der Waals surface area (Å²) in [5.41, 5.74) is 5.90. The number of aryl methyl sites for hydroxylation is 1. The molecule has 4 rings (SSSR count). The van der Waals surface area contributed by atoms with Crippen molar-refractivity contribution in [2.24, 2.45) is 0 Å². The molecule has 0 bridgehead atoms. The van der Waals surface area contributed by atoms with Gasteiger partial charge in [-0.15, -0.1) is 0 Å². The molecule has 0 aliphatic rings. The Morgan fingerprint density at radius 1 is 1.00 bits per heavy atom. The van der Waals surface area contributed by atoms with Crippen LogP contribution in [0.3, 0.4) is 0 Å². The first-order chi connectivity index (χ1) is 16.2. The molecular formula is C28H26N4O. The zero-order valence-corrected chi connectivity index (χ0v) is 18.7. The van der Waals surface area contributed by atoms with Gasteiger partial charge in [-0.3, -0.25) is 9.48 Å². The number of carbonyl (C=O) groups excluding carboxylic acids is 1. The Morgan fingerprint density at radius 2 is 1.73 bits per heavy atom. The molecule has 1 heterocycles. The zero-order valence-electron chi connectivity index (χ0n) is 18.7. The standard InChI is InChI=1S/C28H26N4O/c1-2-3-12-25-18-27(28(33)30-24-10-5-4-6-11-24)31-32(25)20-21-14-16-22(17-15-21)26-13-8-7-9-23(26)19-29/h4-11,13-18H,2-3,12,20H2,1H3,(H,30,33). The minimum absolute atomic E-state index is 0.207. The summed E-state index contributed by atoms with van der Waals surface area (Å²) >= 11 is 0. The highest BCUT2D eigenvalue weighted by atomic mass is 16.1. The molecule has 5 nitrogen and oxygen atoms in total. The van der Waals surface area contributed by atoms with E-state index in [1.807, 2.05) is 77.5 Å². The molecule has 0 atom stereocenters. The van der Waals surface area contributed by atoms with Crippen molar-refractivity contribution >= 4 is 11.6 Å². The van der Waals surface area contributed by atoms with E-state index in [9.17, 15) is 10.1 Å². The van der Waals surface area contributed by atoms with E-state index >= 15 is 0 Å². The van der Waals surface area contributed by atoms with E-state index in [4.69, 9.17) is 0 Å². The van der Waals surface area contributed by atoms with Crippen LogP contribution in [0, 0.1) is 11.3 Å². The Morgan fingerprint density at radius 3 is 2.45 bits per heavy atom. The lowest BCUT2D eigenvalue weighted by atomic mass is 9.99. The lowest BCUT2D eigenvalue weighted by molar-refractivity contribution is 0.102. The van der Waals surface area contributed by atoms with Crippen LogP contribution in [0.2, 0.25) is 0 Å². The van der Waals surface area contributed by atoms with E-state index in [2.05, 4.69) is 35.5 Å². The molecule has 1 aromatic heterocycles. The van der Waals surface area contributed by atoms with Gasteiger partial charge in [0.25, 0.3) is 5.91 Å². The van der Waals surface area contributed by atoms with Crippen molar-refractivity contribution in [2.45, 2.75) is 32.7 Å². The summed E-state index contributed by atoms with van der Waals surface area (Å²) < 4.78 is 1.92. The Hall–Kier alpha value is -4.17. The number of carbonyl (C=O) groups is 1. The molecule has 0 spiro atoms. The summed E-state index contributed by atoms with van der Waals surface area (Å²) in [5.74, 6) is -0.207. The number of nitriles is 1. The number of aromatic nitrogens is 2. The van der Waals surface area contributed by atoms with Crippen molar-refractivity contribution in [2.75, 3.05) is 5.32 Å². The number of benzene rings is 3. The average Bonchev–Trinajstić information content (AvgIpc) is 3.26. The lowest BCUT2D eigenvalue weighted by Gasteiger charge is -2.09. The van der Waals surface area contributed by atoms with Crippen LogP contribution in [0.4, 0.5) is 5.69 Å². The van der Waals surface area contributed by atoms with Gasteiger partial charge in [-0.1, -0.05) is 74.0 Å². The van der Waals surface area contributed by atoms with Gasteiger partial charge >= 0.3 is 0 Å². The third kappa shape index (κ3) is 5.36. The Bertz CT molecular complexity index is 1270. The lowest BCUT2D eigenvalue weighted by Crippen LogP contribution is -2.13. The number of hydrogen-bond acceptors (Lipinski definition) is 3. The Labute approximate surface area is 194 Å². The molecule has 0 saturated heterocycles. The molecule has 0 unspecified atom stereocenters. The van der Waals surface area contributed by atoms with Crippen molar-refractivity contribution in [3.63, 3.8) is 0 Å². The van der Waals surface area contributed by atoms with E-state index in [1.165, 1.54) is 0 Å². The van der Waals surface area contributed by atoms with Crippen LogP contribution in [0.1, 0.15) is 47.1 Å². The zero-order chi connectivity index (χ0) is 23.0. The highest BCUT2D eigenvalue weighted by Gasteiger charge is 2.15. The SMILES string of the molecule is CCCCc1cc(C(=O)Nc2ccccc2)nn1Cc1ccc(-c2ccccc2C#N)cc1. The van der Waals surface area contributed by atoms with Gasteiger partial charge in [-0.2, -0.15) is 10.4 Å². The first-order valence-electron chi connectivity index (χ1n) is 11.2. The minimum Gasteiger partial charge on any atom is -0.321 e. The van der Waals surface area contributed by atoms with Crippen LogP contribution >= 0.6 is 0 Å². The molecule has 164 valence electrons. The molecule has 1 N–H and O–H groups in total. The highest BCUT2D eigenvalue weighted by molar-refractivity contribution is 6.02.